The number of hydrogen-bond acceptors (Lipinski definition) is 4. The molecule has 0 saturated carbocycles. The molecule has 7 heteroatoms. The topological polar surface area (TPSA) is 43.9 Å². The molecule has 2 amide bonds. The molecule has 0 unspecified atom stereocenters. The van der Waals surface area contributed by atoms with Gasteiger partial charge in [0.05, 0.1) is 17.6 Å². The van der Waals surface area contributed by atoms with Crippen LogP contribution in [0.1, 0.15) is 23.6 Å². The molecule has 3 aliphatic rings. The summed E-state index contributed by atoms with van der Waals surface area (Å²) in [6.45, 7) is 3.40. The lowest BCUT2D eigenvalue weighted by molar-refractivity contribution is -0.126. The van der Waals surface area contributed by atoms with Gasteiger partial charge < -0.3 is 0 Å². The Morgan fingerprint density at radius 2 is 1.64 bits per heavy atom. The molecule has 3 saturated heterocycles. The number of carbonyl (C=O) groups excluding carboxylic acids is 2. The number of nitrogens with zero attached hydrogens (tertiary/aromatic N) is 3. The van der Waals surface area contributed by atoms with Crippen LogP contribution >= 0.6 is 11.6 Å². The van der Waals surface area contributed by atoms with E-state index in [-0.39, 0.29) is 23.7 Å². The molecule has 3 aliphatic heterocycles. The van der Waals surface area contributed by atoms with E-state index in [1.807, 2.05) is 18.0 Å². The zero-order chi connectivity index (χ0) is 19.6. The average Bonchev–Trinajstić information content (AvgIpc) is 3.31. The Balaban J connectivity index is 1.58. The number of rotatable bonds is 2. The van der Waals surface area contributed by atoms with Crippen molar-refractivity contribution in [3.05, 3.63) is 64.4 Å². The van der Waals surface area contributed by atoms with E-state index in [0.717, 1.165) is 30.6 Å². The fourth-order valence-corrected chi connectivity index (χ4v) is 4.92. The van der Waals surface area contributed by atoms with Gasteiger partial charge in [-0.15, -0.1) is 0 Å². The summed E-state index contributed by atoms with van der Waals surface area (Å²) < 4.78 is 13.4. The molecule has 0 aromatic heterocycles. The highest BCUT2D eigenvalue weighted by atomic mass is 35.5. The minimum atomic E-state index is -0.523. The van der Waals surface area contributed by atoms with Crippen molar-refractivity contribution in [3.8, 4) is 0 Å². The molecule has 2 aromatic carbocycles. The van der Waals surface area contributed by atoms with Gasteiger partial charge in [0, 0.05) is 18.1 Å². The normalized spacial score (nSPS) is 27.5. The predicted octanol–water partition coefficient (Wildman–Crippen LogP) is 3.32. The van der Waals surface area contributed by atoms with Crippen LogP contribution in [0.5, 0.6) is 0 Å². The van der Waals surface area contributed by atoms with Crippen LogP contribution in [0.25, 0.3) is 0 Å². The second-order valence-corrected chi connectivity index (χ2v) is 8.00. The minimum Gasteiger partial charge on any atom is -0.274 e. The fraction of sp³-hybridized carbons (Fsp3) is 0.333. The van der Waals surface area contributed by atoms with Crippen LogP contribution in [-0.4, -0.2) is 41.0 Å². The number of benzene rings is 2. The SMILES string of the molecule is Cc1ccc(N2C(=O)[C@@H]3[C@@H](C2=O)N2CCCN2[C@H]3c2ccc(F)cc2)cc1Cl. The van der Waals surface area contributed by atoms with Crippen LogP contribution in [0, 0.1) is 18.7 Å². The van der Waals surface area contributed by atoms with Crippen molar-refractivity contribution in [2.45, 2.75) is 25.4 Å². The molecule has 3 heterocycles. The van der Waals surface area contributed by atoms with E-state index in [1.54, 1.807) is 24.3 Å². The Morgan fingerprint density at radius 3 is 2.32 bits per heavy atom. The Morgan fingerprint density at radius 1 is 0.964 bits per heavy atom. The van der Waals surface area contributed by atoms with Gasteiger partial charge in [-0.2, -0.15) is 0 Å². The highest BCUT2D eigenvalue weighted by Gasteiger charge is 2.62. The van der Waals surface area contributed by atoms with Gasteiger partial charge in [0.2, 0.25) is 5.91 Å². The van der Waals surface area contributed by atoms with Gasteiger partial charge in [-0.1, -0.05) is 29.8 Å². The molecule has 144 valence electrons. The molecule has 0 aliphatic carbocycles. The zero-order valence-corrected chi connectivity index (χ0v) is 16.1. The van der Waals surface area contributed by atoms with Gasteiger partial charge in [0.15, 0.2) is 0 Å². The third-order valence-electron chi connectivity index (χ3n) is 6.03. The highest BCUT2D eigenvalue weighted by molar-refractivity contribution is 6.32. The monoisotopic (exact) mass is 399 g/mol. The molecule has 0 spiro atoms. The van der Waals surface area contributed by atoms with Gasteiger partial charge in [0.25, 0.3) is 5.91 Å². The van der Waals surface area contributed by atoms with Crippen molar-refractivity contribution in [2.75, 3.05) is 18.0 Å². The van der Waals surface area contributed by atoms with Crippen molar-refractivity contribution < 1.29 is 14.0 Å². The van der Waals surface area contributed by atoms with Crippen LogP contribution in [0.4, 0.5) is 10.1 Å². The summed E-state index contributed by atoms with van der Waals surface area (Å²) in [7, 11) is 0. The summed E-state index contributed by atoms with van der Waals surface area (Å²) in [5.74, 6) is -1.27. The molecular weight excluding hydrogens is 381 g/mol. The quantitative estimate of drug-likeness (QED) is 0.727. The lowest BCUT2D eigenvalue weighted by Crippen LogP contribution is -2.44. The van der Waals surface area contributed by atoms with Crippen LogP contribution in [0.3, 0.4) is 0 Å². The molecule has 5 nitrogen and oxygen atoms in total. The Kier molecular flexibility index (Phi) is 4.05. The van der Waals surface area contributed by atoms with E-state index in [1.165, 1.54) is 17.0 Å². The van der Waals surface area contributed by atoms with E-state index in [0.29, 0.717) is 10.7 Å². The maximum Gasteiger partial charge on any atom is 0.253 e. The summed E-state index contributed by atoms with van der Waals surface area (Å²) in [4.78, 5) is 28.0. The summed E-state index contributed by atoms with van der Waals surface area (Å²) in [5, 5.41) is 4.65. The molecule has 0 bridgehead atoms. The predicted molar refractivity (Wildman–Crippen MR) is 103 cm³/mol. The number of halogens is 2. The maximum absolute atomic E-state index is 13.4. The van der Waals surface area contributed by atoms with Crippen LogP contribution in [0.15, 0.2) is 42.5 Å². The molecule has 3 fully saturated rings. The first-order chi connectivity index (χ1) is 13.5. The molecular formula is C21H19ClFN3O2. The number of hydrogen-bond donors (Lipinski definition) is 0. The Labute approximate surface area is 167 Å². The Bertz CT molecular complexity index is 980. The van der Waals surface area contributed by atoms with Gasteiger partial charge >= 0.3 is 0 Å². The number of fused-ring (bicyclic) bond motifs is 3. The number of aryl methyl sites for hydroxylation is 1. The van der Waals surface area contributed by atoms with Crippen molar-refractivity contribution in [2.24, 2.45) is 5.92 Å². The zero-order valence-electron chi connectivity index (χ0n) is 15.3. The fourth-order valence-electron chi connectivity index (χ4n) is 4.75. The van der Waals surface area contributed by atoms with E-state index in [4.69, 9.17) is 11.6 Å². The van der Waals surface area contributed by atoms with E-state index < -0.39 is 12.0 Å². The second kappa shape index (κ2) is 6.37. The number of hydrazine groups is 1. The maximum atomic E-state index is 13.4. The number of carbonyl (C=O) groups is 2. The second-order valence-electron chi connectivity index (χ2n) is 7.59. The molecule has 2 aromatic rings. The molecule has 0 N–H and O–H groups in total. The lowest BCUT2D eigenvalue weighted by Gasteiger charge is -2.29. The summed E-state index contributed by atoms with van der Waals surface area (Å²) in [5.41, 5.74) is 2.24. The van der Waals surface area contributed by atoms with E-state index in [2.05, 4.69) is 5.01 Å². The number of amides is 2. The lowest BCUT2D eigenvalue weighted by atomic mass is 9.90. The van der Waals surface area contributed by atoms with Crippen LogP contribution in [-0.2, 0) is 9.59 Å². The van der Waals surface area contributed by atoms with Gasteiger partial charge in [-0.25, -0.2) is 19.3 Å². The van der Waals surface area contributed by atoms with Gasteiger partial charge in [-0.05, 0) is 48.7 Å². The standard InChI is InChI=1S/C21H19ClFN3O2/c1-12-3-8-15(11-16(12)22)26-20(27)17-18(13-4-6-14(23)7-5-13)24-9-2-10-25(24)19(17)21(26)28/h3-8,11,17-19H,2,9-10H2,1H3/t17-,18-,19-/m0/s1. The third kappa shape index (κ3) is 2.45. The van der Waals surface area contributed by atoms with E-state index in [9.17, 15) is 14.0 Å². The average molecular weight is 400 g/mol. The van der Waals surface area contributed by atoms with Crippen molar-refractivity contribution in [1.82, 2.24) is 10.0 Å². The molecule has 28 heavy (non-hydrogen) atoms. The van der Waals surface area contributed by atoms with Crippen molar-refractivity contribution in [1.29, 1.82) is 0 Å². The molecule has 5 rings (SSSR count). The molecule has 3 atom stereocenters. The Hall–Kier alpha value is -2.28. The summed E-state index contributed by atoms with van der Waals surface area (Å²) in [6.07, 6.45) is 0.929. The van der Waals surface area contributed by atoms with Gasteiger partial charge in [0.1, 0.15) is 11.9 Å². The highest BCUT2D eigenvalue weighted by Crippen LogP contribution is 2.49. The first kappa shape index (κ1) is 17.8. The smallest absolute Gasteiger partial charge is 0.253 e. The first-order valence-corrected chi connectivity index (χ1v) is 9.78. The minimum absolute atomic E-state index is 0.216. The number of anilines is 1. The van der Waals surface area contributed by atoms with Crippen molar-refractivity contribution >= 4 is 29.1 Å². The van der Waals surface area contributed by atoms with Crippen LogP contribution in [0.2, 0.25) is 5.02 Å². The van der Waals surface area contributed by atoms with Gasteiger partial charge in [-0.3, -0.25) is 9.59 Å². The van der Waals surface area contributed by atoms with Crippen molar-refractivity contribution in [3.63, 3.8) is 0 Å². The third-order valence-corrected chi connectivity index (χ3v) is 6.44. The number of imide groups is 1. The summed E-state index contributed by atoms with van der Waals surface area (Å²) >= 11 is 6.23. The largest absolute Gasteiger partial charge is 0.274 e. The van der Waals surface area contributed by atoms with E-state index >= 15 is 0 Å². The van der Waals surface area contributed by atoms with Crippen LogP contribution < -0.4 is 4.90 Å². The summed E-state index contributed by atoms with van der Waals surface area (Å²) in [6, 6.07) is 10.7. The first-order valence-electron chi connectivity index (χ1n) is 9.40. The molecule has 0 radical (unpaired) electrons.